The minimum atomic E-state index is -0.920. The van der Waals surface area contributed by atoms with Crippen molar-refractivity contribution in [1.82, 2.24) is 15.2 Å². The number of Topliss-reactive ketones (excluding diaryl/α,β-unsaturated/α-hetero) is 1. The van der Waals surface area contributed by atoms with Gasteiger partial charge in [-0.25, -0.2) is 0 Å². The van der Waals surface area contributed by atoms with Gasteiger partial charge in [0.15, 0.2) is 4.34 Å². The number of aromatic nitrogens is 3. The third kappa shape index (κ3) is 5.12. The van der Waals surface area contributed by atoms with Gasteiger partial charge in [0, 0.05) is 33.8 Å². The Kier molecular flexibility index (Phi) is 7.66. The first-order valence-electron chi connectivity index (χ1n) is 11.1. The maximum absolute atomic E-state index is 13.3. The third-order valence-corrected chi connectivity index (χ3v) is 8.49. The highest BCUT2D eigenvalue weighted by atomic mass is 35.5. The van der Waals surface area contributed by atoms with Gasteiger partial charge in [-0.05, 0) is 59.7 Å². The van der Waals surface area contributed by atoms with Gasteiger partial charge in [-0.3, -0.25) is 19.5 Å². The van der Waals surface area contributed by atoms with Crippen LogP contribution < -0.4 is 9.64 Å². The quantitative estimate of drug-likeness (QED) is 0.0903. The summed E-state index contributed by atoms with van der Waals surface area (Å²) in [5, 5.41) is 20.9. The summed E-state index contributed by atoms with van der Waals surface area (Å²) in [6.45, 7) is 0. The molecule has 8 nitrogen and oxygen atoms in total. The molecule has 1 fully saturated rings. The molecule has 1 atom stereocenters. The van der Waals surface area contributed by atoms with Crippen molar-refractivity contribution in [2.24, 2.45) is 0 Å². The van der Waals surface area contributed by atoms with Crippen LogP contribution in [-0.2, 0) is 15.3 Å². The van der Waals surface area contributed by atoms with Gasteiger partial charge in [-0.15, -0.1) is 10.2 Å². The Morgan fingerprint density at radius 2 is 1.82 bits per heavy atom. The normalized spacial score (nSPS) is 16.7. The molecule has 192 valence electrons. The highest BCUT2D eigenvalue weighted by Gasteiger charge is 2.48. The minimum absolute atomic E-state index is 0.0521. The van der Waals surface area contributed by atoms with Gasteiger partial charge in [-0.2, -0.15) is 0 Å². The zero-order valence-corrected chi connectivity index (χ0v) is 22.8. The van der Waals surface area contributed by atoms with Crippen LogP contribution in [-0.4, -0.2) is 39.1 Å². The van der Waals surface area contributed by atoms with Gasteiger partial charge in [0.1, 0.15) is 11.5 Å². The van der Waals surface area contributed by atoms with E-state index in [1.807, 2.05) is 6.07 Å². The summed E-state index contributed by atoms with van der Waals surface area (Å²) >= 11 is 14.8. The van der Waals surface area contributed by atoms with Gasteiger partial charge in [0.25, 0.3) is 5.78 Å². The number of rotatable bonds is 7. The van der Waals surface area contributed by atoms with Crippen LogP contribution in [0.3, 0.4) is 0 Å². The number of nitrogens with zero attached hydrogens (tertiary/aromatic N) is 4. The molecule has 1 aliphatic heterocycles. The molecule has 12 heteroatoms. The van der Waals surface area contributed by atoms with Crippen molar-refractivity contribution >= 4 is 68.9 Å². The number of hydrogen-bond acceptors (Lipinski definition) is 9. The first kappa shape index (κ1) is 26.2. The number of methoxy groups -OCH3 is 1. The van der Waals surface area contributed by atoms with E-state index in [9.17, 15) is 14.7 Å². The molecule has 1 aliphatic rings. The first-order valence-corrected chi connectivity index (χ1v) is 13.7. The number of ketones is 1. The molecule has 0 aliphatic carbocycles. The molecule has 0 radical (unpaired) electrons. The number of hydrogen-bond donors (Lipinski definition) is 1. The fourth-order valence-corrected chi connectivity index (χ4v) is 6.36. The lowest BCUT2D eigenvalue weighted by atomic mass is 9.96. The largest absolute Gasteiger partial charge is 0.507 e. The van der Waals surface area contributed by atoms with Crippen LogP contribution >= 0.6 is 46.3 Å². The number of aliphatic hydroxyl groups excluding tert-OH is 1. The number of thioether (sulfide) groups is 1. The number of aliphatic hydroxyl groups is 1. The summed E-state index contributed by atoms with van der Waals surface area (Å²) in [7, 11) is 1.53. The average molecular weight is 585 g/mol. The molecule has 5 rings (SSSR count). The zero-order valence-electron chi connectivity index (χ0n) is 19.7. The zero-order chi connectivity index (χ0) is 26.8. The van der Waals surface area contributed by atoms with Gasteiger partial charge >= 0.3 is 5.91 Å². The molecular formula is C26H18Cl2N4O4S2. The van der Waals surface area contributed by atoms with Crippen LogP contribution in [0.4, 0.5) is 5.13 Å². The van der Waals surface area contributed by atoms with E-state index < -0.39 is 17.7 Å². The number of carbonyl (C=O) groups is 2. The van der Waals surface area contributed by atoms with E-state index in [0.717, 1.165) is 5.56 Å². The SMILES string of the molecule is COc1ccc(/C(O)=C2/C(=O)C(=O)N(c3nnc(SCc4ccc(Cl)cc4Cl)s3)C2c2ccncc2)cc1. The Morgan fingerprint density at radius 1 is 1.08 bits per heavy atom. The van der Waals surface area contributed by atoms with E-state index in [1.165, 1.54) is 35.1 Å². The van der Waals surface area contributed by atoms with Gasteiger partial charge in [0.05, 0.1) is 18.7 Å². The summed E-state index contributed by atoms with van der Waals surface area (Å²) in [6, 6.07) is 14.3. The van der Waals surface area contributed by atoms with E-state index in [2.05, 4.69) is 15.2 Å². The Balaban J connectivity index is 1.51. The van der Waals surface area contributed by atoms with E-state index in [0.29, 0.717) is 37.0 Å². The molecule has 0 saturated carbocycles. The van der Waals surface area contributed by atoms with Crippen molar-refractivity contribution in [2.75, 3.05) is 12.0 Å². The van der Waals surface area contributed by atoms with Crippen LogP contribution in [0.2, 0.25) is 10.0 Å². The fraction of sp³-hybridized carbons (Fsp3) is 0.115. The Bertz CT molecular complexity index is 1540. The maximum Gasteiger partial charge on any atom is 0.301 e. The lowest BCUT2D eigenvalue weighted by Crippen LogP contribution is -2.29. The molecule has 4 aromatic rings. The van der Waals surface area contributed by atoms with E-state index in [1.54, 1.807) is 60.9 Å². The molecule has 1 unspecified atom stereocenters. The second-order valence-corrected chi connectivity index (χ2v) is 11.1. The van der Waals surface area contributed by atoms with Crippen LogP contribution in [0.25, 0.3) is 5.76 Å². The third-order valence-electron chi connectivity index (χ3n) is 5.80. The molecular weight excluding hydrogens is 567 g/mol. The molecule has 38 heavy (non-hydrogen) atoms. The van der Waals surface area contributed by atoms with Gasteiger partial charge in [0.2, 0.25) is 5.13 Å². The van der Waals surface area contributed by atoms with Crippen molar-refractivity contribution in [2.45, 2.75) is 16.1 Å². The number of anilines is 1. The number of ether oxygens (including phenoxy) is 1. The number of halogens is 2. The van der Waals surface area contributed by atoms with Crippen LogP contribution in [0, 0.1) is 0 Å². The lowest BCUT2D eigenvalue weighted by molar-refractivity contribution is -0.132. The number of pyridine rings is 1. The van der Waals surface area contributed by atoms with Gasteiger partial charge < -0.3 is 9.84 Å². The van der Waals surface area contributed by atoms with Crippen molar-refractivity contribution in [1.29, 1.82) is 0 Å². The lowest BCUT2D eigenvalue weighted by Gasteiger charge is -2.22. The van der Waals surface area contributed by atoms with Crippen molar-refractivity contribution in [3.63, 3.8) is 0 Å². The second-order valence-electron chi connectivity index (χ2n) is 8.05. The molecule has 0 bridgehead atoms. The Morgan fingerprint density at radius 3 is 2.50 bits per heavy atom. The standard InChI is InChI=1S/C26H18Cl2N4O4S2/c1-36-18-6-3-15(4-7-18)22(33)20-21(14-8-10-29-11-9-14)32(24(35)23(20)34)25-30-31-26(38-25)37-13-16-2-5-17(27)12-19(16)28/h2-12,21,33H,13H2,1H3/b22-20-. The summed E-state index contributed by atoms with van der Waals surface area (Å²) in [5.41, 5.74) is 1.78. The van der Waals surface area contributed by atoms with Crippen molar-refractivity contribution in [3.05, 3.63) is 99.3 Å². The minimum Gasteiger partial charge on any atom is -0.507 e. The molecule has 1 saturated heterocycles. The van der Waals surface area contributed by atoms with E-state index in [-0.39, 0.29) is 16.5 Å². The summed E-state index contributed by atoms with van der Waals surface area (Å²) in [6.07, 6.45) is 3.11. The molecule has 2 aromatic heterocycles. The van der Waals surface area contributed by atoms with Crippen LogP contribution in [0.5, 0.6) is 5.75 Å². The number of amides is 1. The Labute approximate surface area is 235 Å². The smallest absolute Gasteiger partial charge is 0.301 e. The molecule has 1 amide bonds. The summed E-state index contributed by atoms with van der Waals surface area (Å²) < 4.78 is 5.76. The topological polar surface area (TPSA) is 106 Å². The predicted molar refractivity (Wildman–Crippen MR) is 148 cm³/mol. The summed E-state index contributed by atoms with van der Waals surface area (Å²) in [4.78, 5) is 31.9. The highest BCUT2D eigenvalue weighted by Crippen LogP contribution is 2.44. The molecule has 2 aromatic carbocycles. The van der Waals surface area contributed by atoms with Gasteiger partial charge in [-0.1, -0.05) is 52.4 Å². The molecule has 3 heterocycles. The fourth-order valence-electron chi connectivity index (χ4n) is 3.93. The predicted octanol–water partition coefficient (Wildman–Crippen LogP) is 6.17. The molecule has 1 N–H and O–H groups in total. The highest BCUT2D eigenvalue weighted by molar-refractivity contribution is 8.00. The Hall–Kier alpha value is -3.44. The van der Waals surface area contributed by atoms with Crippen LogP contribution in [0.15, 0.2) is 76.9 Å². The van der Waals surface area contributed by atoms with E-state index >= 15 is 0 Å². The van der Waals surface area contributed by atoms with E-state index in [4.69, 9.17) is 27.9 Å². The van der Waals surface area contributed by atoms with Crippen molar-refractivity contribution < 1.29 is 19.4 Å². The molecule has 0 spiro atoms. The van der Waals surface area contributed by atoms with Crippen LogP contribution in [0.1, 0.15) is 22.7 Å². The second kappa shape index (κ2) is 11.1. The first-order chi connectivity index (χ1) is 18.4. The number of carbonyl (C=O) groups excluding carboxylic acids is 2. The van der Waals surface area contributed by atoms with Crippen molar-refractivity contribution in [3.8, 4) is 5.75 Å². The number of benzene rings is 2. The average Bonchev–Trinajstić information content (AvgIpc) is 3.50. The monoisotopic (exact) mass is 584 g/mol. The summed E-state index contributed by atoms with van der Waals surface area (Å²) in [5.74, 6) is -0.833. The maximum atomic E-state index is 13.3.